The normalized spacial score (nSPS) is 10.5. The van der Waals surface area contributed by atoms with Crippen LogP contribution in [-0.4, -0.2) is 11.7 Å². The number of benzene rings is 1. The summed E-state index contributed by atoms with van der Waals surface area (Å²) < 4.78 is 12.7. The molecule has 60 valence electrons. The lowest BCUT2D eigenvalue weighted by Gasteiger charge is -2.07. The molecule has 0 amide bonds. The van der Waals surface area contributed by atoms with Gasteiger partial charge in [0.1, 0.15) is 0 Å². The van der Waals surface area contributed by atoms with Gasteiger partial charge in [0.05, 0.1) is 6.54 Å². The van der Waals surface area contributed by atoms with Crippen molar-refractivity contribution in [2.75, 3.05) is 6.54 Å². The van der Waals surface area contributed by atoms with E-state index in [-0.39, 0.29) is 0 Å². The van der Waals surface area contributed by atoms with Gasteiger partial charge in [-0.05, 0) is 12.5 Å². The fraction of sp³-hybridized carbons (Fsp3) is 0.333. The first-order valence-corrected chi connectivity index (χ1v) is 3.77. The minimum atomic E-state index is 0.386. The molecule has 1 aromatic carbocycles. The highest BCUT2D eigenvalue weighted by atomic mass is 19.2. The van der Waals surface area contributed by atoms with Crippen LogP contribution in [-0.2, 0) is 6.54 Å². The first kappa shape index (κ1) is 8.21. The topological polar surface area (TPSA) is 3.24 Å². The molecule has 1 rings (SSSR count). The van der Waals surface area contributed by atoms with E-state index in [0.29, 0.717) is 13.1 Å². The quantitative estimate of drug-likeness (QED) is 0.603. The van der Waals surface area contributed by atoms with Crippen LogP contribution in [0.4, 0.5) is 4.48 Å². The van der Waals surface area contributed by atoms with Gasteiger partial charge in [0, 0.05) is 6.54 Å². The van der Waals surface area contributed by atoms with Gasteiger partial charge >= 0.3 is 0 Å². The van der Waals surface area contributed by atoms with Crippen molar-refractivity contribution in [3.05, 3.63) is 35.9 Å². The molecule has 0 saturated carbocycles. The molecule has 0 aromatic heterocycles. The van der Waals surface area contributed by atoms with Crippen LogP contribution in [0.15, 0.2) is 30.3 Å². The van der Waals surface area contributed by atoms with E-state index in [0.717, 1.165) is 10.7 Å². The van der Waals surface area contributed by atoms with E-state index in [1.54, 1.807) is 6.92 Å². The molecule has 0 N–H and O–H groups in total. The molecule has 1 aromatic rings. The van der Waals surface area contributed by atoms with Crippen molar-refractivity contribution in [3.63, 3.8) is 0 Å². The van der Waals surface area contributed by atoms with Crippen molar-refractivity contribution >= 4 is 0 Å². The number of rotatable bonds is 3. The van der Waals surface area contributed by atoms with Crippen molar-refractivity contribution in [2.24, 2.45) is 0 Å². The van der Waals surface area contributed by atoms with E-state index in [4.69, 9.17) is 0 Å². The summed E-state index contributed by atoms with van der Waals surface area (Å²) in [5.41, 5.74) is 1.01. The Morgan fingerprint density at radius 3 is 2.45 bits per heavy atom. The van der Waals surface area contributed by atoms with Gasteiger partial charge in [-0.2, -0.15) is 0 Å². The molecule has 0 aliphatic heterocycles. The lowest BCUT2D eigenvalue weighted by Crippen LogP contribution is -2.11. The van der Waals surface area contributed by atoms with E-state index in [1.807, 2.05) is 30.3 Å². The molecule has 0 fully saturated rings. The van der Waals surface area contributed by atoms with E-state index in [1.165, 1.54) is 0 Å². The van der Waals surface area contributed by atoms with Gasteiger partial charge in [-0.1, -0.05) is 30.3 Å². The minimum Gasteiger partial charge on any atom is -0.142 e. The zero-order valence-corrected chi connectivity index (χ0v) is 6.63. The molecule has 0 unspecified atom stereocenters. The maximum absolute atomic E-state index is 12.7. The van der Waals surface area contributed by atoms with Crippen molar-refractivity contribution in [2.45, 2.75) is 13.5 Å². The van der Waals surface area contributed by atoms with Crippen molar-refractivity contribution in [1.29, 1.82) is 0 Å². The molecule has 0 aliphatic rings. The summed E-state index contributed by atoms with van der Waals surface area (Å²) >= 11 is 0. The zero-order chi connectivity index (χ0) is 8.10. The average molecular weight is 153 g/mol. The Hall–Kier alpha value is -0.890. The molecule has 0 radical (unpaired) electrons. The third kappa shape index (κ3) is 2.68. The third-order valence-electron chi connectivity index (χ3n) is 1.54. The van der Waals surface area contributed by atoms with E-state index in [9.17, 15) is 4.48 Å². The summed E-state index contributed by atoms with van der Waals surface area (Å²) in [6, 6.07) is 9.60. The maximum atomic E-state index is 12.7. The molecule has 0 spiro atoms. The lowest BCUT2D eigenvalue weighted by molar-refractivity contribution is 0.0225. The van der Waals surface area contributed by atoms with Gasteiger partial charge in [0.15, 0.2) is 0 Å². The van der Waals surface area contributed by atoms with Crippen LogP contribution < -0.4 is 0 Å². The smallest absolute Gasteiger partial charge is 0.0540 e. The Morgan fingerprint density at radius 2 is 1.91 bits per heavy atom. The van der Waals surface area contributed by atoms with Crippen molar-refractivity contribution in [3.8, 4) is 0 Å². The summed E-state index contributed by atoms with van der Waals surface area (Å²) in [5.74, 6) is 0. The molecule has 0 heterocycles. The Morgan fingerprint density at radius 1 is 1.27 bits per heavy atom. The van der Waals surface area contributed by atoms with Crippen LogP contribution in [0.5, 0.6) is 0 Å². The van der Waals surface area contributed by atoms with Gasteiger partial charge in [-0.15, -0.1) is 9.60 Å². The maximum Gasteiger partial charge on any atom is 0.0540 e. The van der Waals surface area contributed by atoms with Crippen molar-refractivity contribution in [1.82, 2.24) is 5.12 Å². The van der Waals surface area contributed by atoms with E-state index < -0.39 is 0 Å². The monoisotopic (exact) mass is 153 g/mol. The highest BCUT2D eigenvalue weighted by Gasteiger charge is 1.98. The predicted octanol–water partition coefficient (Wildman–Crippen LogP) is 2.39. The Bertz CT molecular complexity index is 198. The molecule has 1 nitrogen and oxygen atoms in total. The first-order chi connectivity index (χ1) is 5.33. The second-order valence-electron chi connectivity index (χ2n) is 2.42. The molecule has 0 aliphatic carbocycles. The molecular formula is C9H12FN. The summed E-state index contributed by atoms with van der Waals surface area (Å²) in [6.45, 7) is 2.62. The van der Waals surface area contributed by atoms with Gasteiger partial charge in [0.25, 0.3) is 0 Å². The van der Waals surface area contributed by atoms with E-state index in [2.05, 4.69) is 0 Å². The number of hydrogen-bond acceptors (Lipinski definition) is 1. The highest BCUT2D eigenvalue weighted by Crippen LogP contribution is 2.03. The molecular weight excluding hydrogens is 141 g/mol. The Kier molecular flexibility index (Phi) is 3.05. The predicted molar refractivity (Wildman–Crippen MR) is 43.6 cm³/mol. The second kappa shape index (κ2) is 4.09. The van der Waals surface area contributed by atoms with Crippen LogP contribution in [0.2, 0.25) is 0 Å². The van der Waals surface area contributed by atoms with Crippen LogP contribution in [0, 0.1) is 0 Å². The lowest BCUT2D eigenvalue weighted by atomic mass is 10.2. The standard InChI is InChI=1S/C9H12FN/c1-2-11(10)8-9-6-4-3-5-7-9/h3-7H,2,8H2,1H3. The number of nitrogens with zero attached hydrogens (tertiary/aromatic N) is 1. The van der Waals surface area contributed by atoms with Gasteiger partial charge in [-0.3, -0.25) is 0 Å². The van der Waals surface area contributed by atoms with Gasteiger partial charge in [-0.25, -0.2) is 0 Å². The molecule has 0 bridgehead atoms. The number of halogens is 1. The van der Waals surface area contributed by atoms with Crippen molar-refractivity contribution < 1.29 is 4.48 Å². The fourth-order valence-electron chi connectivity index (χ4n) is 0.893. The highest BCUT2D eigenvalue weighted by molar-refractivity contribution is 5.13. The zero-order valence-electron chi connectivity index (χ0n) is 6.63. The number of hydrogen-bond donors (Lipinski definition) is 0. The van der Waals surface area contributed by atoms with Gasteiger partial charge in [0.2, 0.25) is 0 Å². The van der Waals surface area contributed by atoms with Crippen LogP contribution in [0.3, 0.4) is 0 Å². The molecule has 2 heteroatoms. The third-order valence-corrected chi connectivity index (χ3v) is 1.54. The largest absolute Gasteiger partial charge is 0.142 e. The van der Waals surface area contributed by atoms with Crippen LogP contribution >= 0.6 is 0 Å². The summed E-state index contributed by atoms with van der Waals surface area (Å²) in [4.78, 5) is 0. The van der Waals surface area contributed by atoms with Gasteiger partial charge < -0.3 is 0 Å². The fourth-order valence-corrected chi connectivity index (χ4v) is 0.893. The molecule has 0 saturated heterocycles. The Labute approximate surface area is 66.4 Å². The molecule has 0 atom stereocenters. The van der Waals surface area contributed by atoms with Crippen LogP contribution in [0.25, 0.3) is 0 Å². The van der Waals surface area contributed by atoms with Crippen LogP contribution in [0.1, 0.15) is 12.5 Å². The summed E-state index contributed by atoms with van der Waals surface area (Å²) in [5, 5.41) is 0.787. The SMILES string of the molecule is CCN(F)Cc1ccccc1. The Balaban J connectivity index is 2.51. The summed E-state index contributed by atoms with van der Waals surface area (Å²) in [6.07, 6.45) is 0. The summed E-state index contributed by atoms with van der Waals surface area (Å²) in [7, 11) is 0. The van der Waals surface area contributed by atoms with E-state index >= 15 is 0 Å². The first-order valence-electron chi connectivity index (χ1n) is 3.77. The second-order valence-corrected chi connectivity index (χ2v) is 2.42. The average Bonchev–Trinajstić information content (AvgIpc) is 2.06. The molecule has 11 heavy (non-hydrogen) atoms. The minimum absolute atomic E-state index is 0.386.